The molecule has 0 unspecified atom stereocenters. The van der Waals surface area contributed by atoms with E-state index in [1.165, 1.54) is 6.08 Å². The first-order valence-electron chi connectivity index (χ1n) is 2.11. The Morgan fingerprint density at radius 2 is 2.57 bits per heavy atom. The highest BCUT2D eigenvalue weighted by molar-refractivity contribution is 6.47. The lowest BCUT2D eigenvalue weighted by Crippen LogP contribution is -2.11. The number of nitriles is 1. The number of nitrogens with zero attached hydrogens (tertiary/aromatic N) is 1. The zero-order valence-corrected chi connectivity index (χ0v) is 7.72. The smallest absolute Gasteiger partial charge is 0.110 e. The fourth-order valence-corrected chi connectivity index (χ4v) is 1.40. The van der Waals surface area contributed by atoms with Gasteiger partial charge in [-0.3, -0.25) is 0 Å². The minimum Gasteiger partial charge on any atom is -0.368 e. The summed E-state index contributed by atoms with van der Waals surface area (Å²) < 4.78 is 3.14. The summed E-state index contributed by atoms with van der Waals surface area (Å²) in [5, 5.41) is 7.96. The number of rotatable bonds is 2. The average molecular weight is 128 g/mol. The van der Waals surface area contributed by atoms with Crippen LogP contribution in [0.5, 0.6) is 0 Å². The first kappa shape index (κ1) is 6.62. The van der Waals surface area contributed by atoms with Crippen LogP contribution >= 0.6 is 0 Å². The van der Waals surface area contributed by atoms with Gasteiger partial charge in [0.15, 0.2) is 0 Å². The van der Waals surface area contributed by atoms with Gasteiger partial charge in [0.25, 0.3) is 0 Å². The van der Waals surface area contributed by atoms with Gasteiger partial charge in [0, 0.05) is 6.08 Å². The molecule has 0 saturated carbocycles. The largest absolute Gasteiger partial charge is 0.368 e. The highest BCUT2D eigenvalue weighted by atomic mass is 28.3. The van der Waals surface area contributed by atoms with Gasteiger partial charge >= 0.3 is 0 Å². The summed E-state index contributed by atoms with van der Waals surface area (Å²) in [6.45, 7) is 0. The Bertz CT molecular complexity index is 93.6. The molecule has 0 aromatic rings. The molecule has 0 aromatic heterocycles. The standard InChI is InChI=1S/C3H8N2Si2/c4-2-1-3-7-5-6/h1,3,5H,7H2,6H3. The van der Waals surface area contributed by atoms with Crippen molar-refractivity contribution in [3.8, 4) is 6.07 Å². The number of nitrogens with one attached hydrogen (secondary N) is 1. The molecule has 7 heavy (non-hydrogen) atoms. The molecule has 0 radical (unpaired) electrons. The van der Waals surface area contributed by atoms with E-state index in [2.05, 4.69) is 4.65 Å². The number of allylic oxidation sites excluding steroid dienone is 1. The van der Waals surface area contributed by atoms with Crippen molar-refractivity contribution in [2.24, 2.45) is 0 Å². The van der Waals surface area contributed by atoms with Crippen LogP contribution in [0.25, 0.3) is 0 Å². The van der Waals surface area contributed by atoms with Gasteiger partial charge in [-0.25, -0.2) is 0 Å². The molecule has 0 bridgehead atoms. The molecule has 0 atom stereocenters. The lowest BCUT2D eigenvalue weighted by atomic mass is 10.7. The van der Waals surface area contributed by atoms with Crippen molar-refractivity contribution in [2.75, 3.05) is 0 Å². The Hall–Kier alpha value is -0.376. The zero-order valence-electron chi connectivity index (χ0n) is 4.31. The normalized spacial score (nSPS) is 11.3. The molecule has 0 saturated heterocycles. The summed E-state index contributed by atoms with van der Waals surface area (Å²) >= 11 is 0. The van der Waals surface area contributed by atoms with E-state index in [1.54, 1.807) is 0 Å². The van der Waals surface area contributed by atoms with Crippen molar-refractivity contribution in [3.05, 3.63) is 11.8 Å². The van der Waals surface area contributed by atoms with E-state index in [1.807, 2.05) is 11.8 Å². The minimum absolute atomic E-state index is 0.181. The third-order valence-electron chi connectivity index (χ3n) is 0.514. The maximum atomic E-state index is 7.96. The van der Waals surface area contributed by atoms with Crippen molar-refractivity contribution >= 4 is 20.1 Å². The average Bonchev–Trinajstić information content (AvgIpc) is 1.69. The van der Waals surface area contributed by atoms with Crippen LogP contribution in [0.4, 0.5) is 0 Å². The second kappa shape index (κ2) is 5.62. The van der Waals surface area contributed by atoms with Gasteiger partial charge in [-0.2, -0.15) is 5.26 Å². The number of hydrogen-bond acceptors (Lipinski definition) is 2. The molecule has 0 aliphatic heterocycles. The van der Waals surface area contributed by atoms with Crippen LogP contribution in [0, 0.1) is 11.3 Å². The maximum absolute atomic E-state index is 7.96. The second-order valence-electron chi connectivity index (χ2n) is 1.09. The number of hydrogen-bond donors (Lipinski definition) is 1. The van der Waals surface area contributed by atoms with Crippen LogP contribution in [-0.2, 0) is 0 Å². The molecule has 38 valence electrons. The van der Waals surface area contributed by atoms with Crippen LogP contribution < -0.4 is 4.65 Å². The van der Waals surface area contributed by atoms with Gasteiger partial charge in [-0.15, -0.1) is 0 Å². The van der Waals surface area contributed by atoms with Crippen LogP contribution in [0.15, 0.2) is 11.8 Å². The molecule has 2 nitrogen and oxygen atoms in total. The lowest BCUT2D eigenvalue weighted by Gasteiger charge is -1.79. The first-order chi connectivity index (χ1) is 3.41. The molecule has 4 heteroatoms. The second-order valence-corrected chi connectivity index (χ2v) is 4.80. The predicted molar refractivity (Wildman–Crippen MR) is 36.4 cm³/mol. The Morgan fingerprint density at radius 1 is 1.86 bits per heavy atom. The van der Waals surface area contributed by atoms with Crippen LogP contribution in [0.2, 0.25) is 0 Å². The molecule has 0 amide bonds. The lowest BCUT2D eigenvalue weighted by molar-refractivity contribution is 1.53. The third kappa shape index (κ3) is 5.62. The van der Waals surface area contributed by atoms with Crippen molar-refractivity contribution in [3.63, 3.8) is 0 Å². The first-order valence-corrected chi connectivity index (χ1v) is 4.63. The van der Waals surface area contributed by atoms with E-state index < -0.39 is 0 Å². The molecular formula is C3H8N2Si2. The quantitative estimate of drug-likeness (QED) is 0.344. The molecule has 0 spiro atoms. The van der Waals surface area contributed by atoms with Gasteiger partial charge in [0.1, 0.15) is 9.68 Å². The molecule has 0 aliphatic rings. The molecule has 0 heterocycles. The highest BCUT2D eigenvalue weighted by Crippen LogP contribution is 1.59. The molecule has 0 fully saturated rings. The third-order valence-corrected chi connectivity index (χ3v) is 2.62. The topological polar surface area (TPSA) is 35.8 Å². The van der Waals surface area contributed by atoms with Crippen molar-refractivity contribution in [1.29, 1.82) is 5.26 Å². The molecule has 0 rings (SSSR count). The van der Waals surface area contributed by atoms with Crippen LogP contribution in [0.3, 0.4) is 0 Å². The van der Waals surface area contributed by atoms with E-state index in [0.717, 1.165) is 10.4 Å². The van der Waals surface area contributed by atoms with Gasteiger partial charge in [0.2, 0.25) is 0 Å². The van der Waals surface area contributed by atoms with Crippen LogP contribution in [0.1, 0.15) is 0 Å². The molecule has 0 aliphatic carbocycles. The Morgan fingerprint density at radius 3 is 3.00 bits per heavy atom. The van der Waals surface area contributed by atoms with Crippen molar-refractivity contribution in [1.82, 2.24) is 4.65 Å². The summed E-state index contributed by atoms with van der Waals surface area (Å²) in [6, 6.07) is 1.93. The van der Waals surface area contributed by atoms with Gasteiger partial charge < -0.3 is 4.65 Å². The molecule has 1 N–H and O–H groups in total. The minimum atomic E-state index is -0.181. The summed E-state index contributed by atoms with van der Waals surface area (Å²) in [4.78, 5) is 0. The van der Waals surface area contributed by atoms with E-state index >= 15 is 0 Å². The van der Waals surface area contributed by atoms with E-state index in [0.29, 0.717) is 0 Å². The van der Waals surface area contributed by atoms with Crippen molar-refractivity contribution < 1.29 is 0 Å². The van der Waals surface area contributed by atoms with Crippen LogP contribution in [-0.4, -0.2) is 20.1 Å². The summed E-state index contributed by atoms with van der Waals surface area (Å²) in [5.74, 6) is 0. The fourth-order valence-electron chi connectivity index (χ4n) is 0.229. The van der Waals surface area contributed by atoms with E-state index in [4.69, 9.17) is 5.26 Å². The van der Waals surface area contributed by atoms with E-state index in [-0.39, 0.29) is 9.68 Å². The summed E-state index contributed by atoms with van der Waals surface area (Å²) in [7, 11) is 0.876. The zero-order chi connectivity index (χ0) is 5.54. The molecular weight excluding hydrogens is 120 g/mol. The van der Waals surface area contributed by atoms with Gasteiger partial charge in [-0.05, 0) is 0 Å². The Kier molecular flexibility index (Phi) is 5.32. The van der Waals surface area contributed by atoms with Gasteiger partial charge in [0.05, 0.1) is 16.5 Å². The van der Waals surface area contributed by atoms with Crippen molar-refractivity contribution in [2.45, 2.75) is 0 Å². The fraction of sp³-hybridized carbons (Fsp3) is 0. The summed E-state index contributed by atoms with van der Waals surface area (Å²) in [5.41, 5.74) is 1.94. The molecule has 0 aromatic carbocycles. The van der Waals surface area contributed by atoms with Gasteiger partial charge in [-0.1, -0.05) is 5.70 Å². The maximum Gasteiger partial charge on any atom is 0.110 e. The monoisotopic (exact) mass is 128 g/mol. The predicted octanol–water partition coefficient (Wildman–Crippen LogP) is -2.02. The SMILES string of the molecule is N#CC=C[SiH2]N[SiH3]. The summed E-state index contributed by atoms with van der Waals surface area (Å²) in [6.07, 6.45) is 1.54. The van der Waals surface area contributed by atoms with E-state index in [9.17, 15) is 0 Å². The Balaban J connectivity index is 2.97. The highest BCUT2D eigenvalue weighted by Gasteiger charge is 1.66. The Labute approximate surface area is 48.6 Å².